The second kappa shape index (κ2) is 6.00. The van der Waals surface area contributed by atoms with Crippen LogP contribution in [0.3, 0.4) is 0 Å². The first kappa shape index (κ1) is 12.4. The maximum absolute atomic E-state index is 12.1. The van der Waals surface area contributed by atoms with E-state index in [1.165, 1.54) is 12.0 Å². The van der Waals surface area contributed by atoms with Crippen molar-refractivity contribution in [1.29, 1.82) is 0 Å². The van der Waals surface area contributed by atoms with Gasteiger partial charge in [0.1, 0.15) is 0 Å². The first-order chi connectivity index (χ1) is 7.11. The zero-order valence-electron chi connectivity index (χ0n) is 8.92. The van der Waals surface area contributed by atoms with Crippen LogP contribution in [0, 0.1) is 5.92 Å². The second-order valence-electron chi connectivity index (χ2n) is 3.86. The molecule has 1 heterocycles. The zero-order valence-corrected chi connectivity index (χ0v) is 8.92. The number of carbonyl (C=O) groups is 1. The number of hydroxylamine groups is 2. The Kier molecular flexibility index (Phi) is 4.94. The molecule has 3 nitrogen and oxygen atoms in total. The Balaban J connectivity index is 2.42. The van der Waals surface area contributed by atoms with Crippen molar-refractivity contribution in [1.82, 2.24) is 5.06 Å². The van der Waals surface area contributed by atoms with Gasteiger partial charge in [0.25, 0.3) is 0 Å². The van der Waals surface area contributed by atoms with E-state index < -0.39 is 18.8 Å². The lowest BCUT2D eigenvalue weighted by atomic mass is 10.1. The quantitative estimate of drug-likeness (QED) is 0.731. The van der Waals surface area contributed by atoms with Crippen molar-refractivity contribution in [3.63, 3.8) is 0 Å². The minimum Gasteiger partial charge on any atom is -0.272 e. The summed E-state index contributed by atoms with van der Waals surface area (Å²) >= 11 is 0. The van der Waals surface area contributed by atoms with Crippen LogP contribution in [-0.2, 0) is 9.63 Å². The molecule has 0 aromatic carbocycles. The average molecular weight is 221 g/mol. The molecule has 1 fully saturated rings. The van der Waals surface area contributed by atoms with Crippen molar-refractivity contribution in [3.05, 3.63) is 0 Å². The highest BCUT2D eigenvalue weighted by atomic mass is 19.3. The number of hydrogen-bond donors (Lipinski definition) is 0. The van der Waals surface area contributed by atoms with Crippen LogP contribution in [-0.4, -0.2) is 30.5 Å². The lowest BCUT2D eigenvalue weighted by Crippen LogP contribution is -2.36. The highest BCUT2D eigenvalue weighted by Gasteiger charge is 2.24. The number of carbonyl (C=O) groups excluding carboxylic acids is 1. The molecular weight excluding hydrogens is 204 g/mol. The molecule has 1 aliphatic heterocycles. The fraction of sp³-hybridized carbons (Fsp3) is 0.900. The average Bonchev–Trinajstić information content (AvgIpc) is 2.43. The van der Waals surface area contributed by atoms with Gasteiger partial charge in [0, 0.05) is 18.9 Å². The monoisotopic (exact) mass is 221 g/mol. The Morgan fingerprint density at radius 1 is 1.40 bits per heavy atom. The first-order valence-corrected chi connectivity index (χ1v) is 5.33. The molecule has 0 aromatic heterocycles. The van der Waals surface area contributed by atoms with Crippen LogP contribution in [0.4, 0.5) is 8.78 Å². The molecule has 0 aliphatic carbocycles. The van der Waals surface area contributed by atoms with Crippen molar-refractivity contribution in [3.8, 4) is 0 Å². The topological polar surface area (TPSA) is 29.5 Å². The third kappa shape index (κ3) is 4.11. The molecule has 1 saturated heterocycles. The van der Waals surface area contributed by atoms with Gasteiger partial charge in [-0.1, -0.05) is 6.92 Å². The van der Waals surface area contributed by atoms with Crippen molar-refractivity contribution >= 4 is 5.91 Å². The molecule has 1 aliphatic rings. The fourth-order valence-corrected chi connectivity index (χ4v) is 1.56. The van der Waals surface area contributed by atoms with Crippen LogP contribution in [0.15, 0.2) is 0 Å². The van der Waals surface area contributed by atoms with Crippen LogP contribution in [0.25, 0.3) is 0 Å². The highest BCUT2D eigenvalue weighted by Crippen LogP contribution is 2.16. The van der Waals surface area contributed by atoms with Gasteiger partial charge in [-0.15, -0.1) is 0 Å². The first-order valence-electron chi connectivity index (χ1n) is 5.33. The summed E-state index contributed by atoms with van der Waals surface area (Å²) in [5, 5.41) is 1.25. The maximum Gasteiger partial charge on any atom is 0.249 e. The lowest BCUT2D eigenvalue weighted by molar-refractivity contribution is -0.188. The molecular formula is C10H17F2NO2. The van der Waals surface area contributed by atoms with Crippen LogP contribution >= 0.6 is 0 Å². The number of alkyl halides is 2. The van der Waals surface area contributed by atoms with Gasteiger partial charge in [-0.3, -0.25) is 9.63 Å². The van der Waals surface area contributed by atoms with Crippen LogP contribution < -0.4 is 0 Å². The summed E-state index contributed by atoms with van der Waals surface area (Å²) in [6.07, 6.45) is 0.00203. The third-order valence-corrected chi connectivity index (χ3v) is 2.45. The SMILES string of the molecule is C[C@@H](CC(F)F)C(=O)N1CCCCCO1. The minimum absolute atomic E-state index is 0.322. The number of rotatable bonds is 3. The minimum atomic E-state index is -2.43. The van der Waals surface area contributed by atoms with Crippen LogP contribution in [0.1, 0.15) is 32.6 Å². The summed E-state index contributed by atoms with van der Waals surface area (Å²) in [6.45, 7) is 2.54. The van der Waals surface area contributed by atoms with Crippen LogP contribution in [0.2, 0.25) is 0 Å². The molecule has 15 heavy (non-hydrogen) atoms. The van der Waals surface area contributed by atoms with Gasteiger partial charge in [0.15, 0.2) is 0 Å². The predicted octanol–water partition coefficient (Wildman–Crippen LogP) is 2.22. The molecule has 0 N–H and O–H groups in total. The smallest absolute Gasteiger partial charge is 0.249 e. The van der Waals surface area contributed by atoms with E-state index in [9.17, 15) is 13.6 Å². The Hall–Kier alpha value is -0.710. The van der Waals surface area contributed by atoms with E-state index in [0.717, 1.165) is 19.3 Å². The van der Waals surface area contributed by atoms with Gasteiger partial charge in [-0.05, 0) is 19.3 Å². The predicted molar refractivity (Wildman–Crippen MR) is 51.3 cm³/mol. The van der Waals surface area contributed by atoms with Gasteiger partial charge in [-0.2, -0.15) is 0 Å². The number of hydrogen-bond acceptors (Lipinski definition) is 2. The molecule has 88 valence electrons. The molecule has 1 rings (SSSR count). The molecule has 0 spiro atoms. The molecule has 0 unspecified atom stereocenters. The zero-order chi connectivity index (χ0) is 11.3. The third-order valence-electron chi connectivity index (χ3n) is 2.45. The lowest BCUT2D eigenvalue weighted by Gasteiger charge is -2.22. The Morgan fingerprint density at radius 3 is 2.80 bits per heavy atom. The molecule has 0 bridgehead atoms. The van der Waals surface area contributed by atoms with E-state index in [-0.39, 0.29) is 5.91 Å². The summed E-state index contributed by atoms with van der Waals surface area (Å²) in [5.41, 5.74) is 0. The molecule has 1 atom stereocenters. The van der Waals surface area contributed by atoms with Gasteiger partial charge in [0.2, 0.25) is 12.3 Å². The molecule has 0 aromatic rings. The fourth-order valence-electron chi connectivity index (χ4n) is 1.56. The van der Waals surface area contributed by atoms with Gasteiger partial charge in [-0.25, -0.2) is 13.8 Å². The van der Waals surface area contributed by atoms with E-state index in [4.69, 9.17) is 4.84 Å². The summed E-state index contributed by atoms with van der Waals surface area (Å²) in [6, 6.07) is 0. The summed E-state index contributed by atoms with van der Waals surface area (Å²) in [4.78, 5) is 16.9. The van der Waals surface area contributed by atoms with Crippen LogP contribution in [0.5, 0.6) is 0 Å². The number of halogens is 2. The Morgan fingerprint density at radius 2 is 2.13 bits per heavy atom. The van der Waals surface area contributed by atoms with E-state index >= 15 is 0 Å². The normalized spacial score (nSPS) is 20.1. The highest BCUT2D eigenvalue weighted by molar-refractivity contribution is 5.77. The summed E-state index contributed by atoms with van der Waals surface area (Å²) in [7, 11) is 0. The Bertz CT molecular complexity index is 204. The van der Waals surface area contributed by atoms with Crippen molar-refractivity contribution < 1.29 is 18.4 Å². The van der Waals surface area contributed by atoms with Gasteiger partial charge >= 0.3 is 0 Å². The molecule has 5 heteroatoms. The van der Waals surface area contributed by atoms with Crippen molar-refractivity contribution in [2.24, 2.45) is 5.92 Å². The standard InChI is InChI=1S/C10H17F2NO2/c1-8(7-9(11)12)10(14)13-5-3-2-4-6-15-13/h8-9H,2-7H2,1H3/t8-/m0/s1. The molecule has 0 radical (unpaired) electrons. The van der Waals surface area contributed by atoms with Crippen molar-refractivity contribution in [2.75, 3.05) is 13.2 Å². The van der Waals surface area contributed by atoms with E-state index in [0.29, 0.717) is 13.2 Å². The largest absolute Gasteiger partial charge is 0.272 e. The van der Waals surface area contributed by atoms with Gasteiger partial charge in [0.05, 0.1) is 6.61 Å². The number of amides is 1. The van der Waals surface area contributed by atoms with E-state index in [1.807, 2.05) is 0 Å². The summed E-state index contributed by atoms with van der Waals surface area (Å²) < 4.78 is 24.2. The Labute approximate surface area is 88.3 Å². The molecule has 0 saturated carbocycles. The van der Waals surface area contributed by atoms with Crippen molar-refractivity contribution in [2.45, 2.75) is 39.0 Å². The summed E-state index contributed by atoms with van der Waals surface area (Å²) in [5.74, 6) is -0.986. The van der Waals surface area contributed by atoms with E-state index in [2.05, 4.69) is 0 Å². The number of nitrogens with zero attached hydrogens (tertiary/aromatic N) is 1. The van der Waals surface area contributed by atoms with Gasteiger partial charge < -0.3 is 0 Å². The maximum atomic E-state index is 12.1. The molecule has 1 amide bonds. The second-order valence-corrected chi connectivity index (χ2v) is 3.86. The van der Waals surface area contributed by atoms with E-state index in [1.54, 1.807) is 0 Å².